The first kappa shape index (κ1) is 18.1. The van der Waals surface area contributed by atoms with Crippen molar-refractivity contribution < 1.29 is 8.42 Å². The third kappa shape index (κ3) is 4.12. The van der Waals surface area contributed by atoms with Crippen LogP contribution in [0.3, 0.4) is 0 Å². The van der Waals surface area contributed by atoms with E-state index in [9.17, 15) is 8.42 Å². The van der Waals surface area contributed by atoms with Gasteiger partial charge in [0.2, 0.25) is 0 Å². The zero-order chi connectivity index (χ0) is 17.9. The SMILES string of the molecule is CCc1nn(Cc2ccc(S(=O)(=O)CC)cc2)cc1C1CCNCC1. The molecule has 6 heteroatoms. The quantitative estimate of drug-likeness (QED) is 0.859. The number of hydrogen-bond donors (Lipinski definition) is 1. The van der Waals surface area contributed by atoms with E-state index in [4.69, 9.17) is 5.10 Å². The summed E-state index contributed by atoms with van der Waals surface area (Å²) >= 11 is 0. The molecule has 1 aromatic carbocycles. The highest BCUT2D eigenvalue weighted by atomic mass is 32.2. The summed E-state index contributed by atoms with van der Waals surface area (Å²) in [6, 6.07) is 7.18. The highest BCUT2D eigenvalue weighted by molar-refractivity contribution is 7.91. The van der Waals surface area contributed by atoms with Crippen LogP contribution in [0, 0.1) is 0 Å². The summed E-state index contributed by atoms with van der Waals surface area (Å²) in [4.78, 5) is 0.392. The number of nitrogens with one attached hydrogen (secondary N) is 1. The average Bonchev–Trinajstić information content (AvgIpc) is 3.06. The monoisotopic (exact) mass is 361 g/mol. The lowest BCUT2D eigenvalue weighted by molar-refractivity contribution is 0.458. The Morgan fingerprint density at radius 1 is 1.16 bits per heavy atom. The van der Waals surface area contributed by atoms with Crippen LogP contribution in [-0.2, 0) is 22.8 Å². The van der Waals surface area contributed by atoms with E-state index in [0.717, 1.165) is 25.1 Å². The number of hydrogen-bond acceptors (Lipinski definition) is 4. The van der Waals surface area contributed by atoms with Crippen LogP contribution in [0.25, 0.3) is 0 Å². The smallest absolute Gasteiger partial charge is 0.178 e. The lowest BCUT2D eigenvalue weighted by atomic mass is 9.90. The van der Waals surface area contributed by atoms with Gasteiger partial charge in [-0.2, -0.15) is 5.10 Å². The molecule has 2 heterocycles. The molecular formula is C19H27N3O2S. The van der Waals surface area contributed by atoms with Crippen LogP contribution in [0.2, 0.25) is 0 Å². The maximum absolute atomic E-state index is 11.9. The summed E-state index contributed by atoms with van der Waals surface area (Å²) in [7, 11) is -3.14. The van der Waals surface area contributed by atoms with E-state index in [0.29, 0.717) is 17.4 Å². The third-order valence-corrected chi connectivity index (χ3v) is 6.74. The summed E-state index contributed by atoms with van der Waals surface area (Å²) < 4.78 is 25.8. The molecule has 3 rings (SSSR count). The van der Waals surface area contributed by atoms with Crippen molar-refractivity contribution in [3.8, 4) is 0 Å². The molecule has 5 nitrogen and oxygen atoms in total. The molecule has 1 N–H and O–H groups in total. The van der Waals surface area contributed by atoms with Gasteiger partial charge in [0.05, 0.1) is 22.9 Å². The van der Waals surface area contributed by atoms with Crippen molar-refractivity contribution in [1.29, 1.82) is 0 Å². The standard InChI is InChI=1S/C19H27N3O2S/c1-3-19-18(16-9-11-20-12-10-16)14-22(21-19)13-15-5-7-17(8-6-15)25(23,24)4-2/h5-8,14,16,20H,3-4,9-13H2,1-2H3. The molecule has 1 saturated heterocycles. The largest absolute Gasteiger partial charge is 0.317 e. The Morgan fingerprint density at radius 2 is 1.84 bits per heavy atom. The van der Waals surface area contributed by atoms with Crippen molar-refractivity contribution in [3.05, 3.63) is 47.3 Å². The molecule has 0 radical (unpaired) electrons. The van der Waals surface area contributed by atoms with Crippen LogP contribution in [0.1, 0.15) is 49.4 Å². The molecule has 25 heavy (non-hydrogen) atoms. The van der Waals surface area contributed by atoms with E-state index < -0.39 is 9.84 Å². The Labute approximate surface area is 150 Å². The molecule has 0 aliphatic carbocycles. The van der Waals surface area contributed by atoms with Gasteiger partial charge in [-0.15, -0.1) is 0 Å². The Kier molecular flexibility index (Phi) is 5.59. The minimum Gasteiger partial charge on any atom is -0.317 e. The van der Waals surface area contributed by atoms with Crippen LogP contribution in [0.5, 0.6) is 0 Å². The second-order valence-corrected chi connectivity index (χ2v) is 8.93. The van der Waals surface area contributed by atoms with Gasteiger partial charge in [0.15, 0.2) is 9.84 Å². The number of benzene rings is 1. The normalized spacial score (nSPS) is 16.2. The van der Waals surface area contributed by atoms with Gasteiger partial charge in [-0.05, 0) is 61.5 Å². The van der Waals surface area contributed by atoms with E-state index in [1.54, 1.807) is 19.1 Å². The highest BCUT2D eigenvalue weighted by Gasteiger charge is 2.20. The van der Waals surface area contributed by atoms with Crippen LogP contribution in [0.4, 0.5) is 0 Å². The predicted molar refractivity (Wildman–Crippen MR) is 99.7 cm³/mol. The summed E-state index contributed by atoms with van der Waals surface area (Å²) in [6.45, 7) is 6.65. The van der Waals surface area contributed by atoms with E-state index in [-0.39, 0.29) is 5.75 Å². The molecule has 0 unspecified atom stereocenters. The molecule has 0 spiro atoms. The van der Waals surface area contributed by atoms with Crippen LogP contribution in [0.15, 0.2) is 35.4 Å². The molecular weight excluding hydrogens is 334 g/mol. The Balaban J connectivity index is 1.77. The number of aromatic nitrogens is 2. The fraction of sp³-hybridized carbons (Fsp3) is 0.526. The lowest BCUT2D eigenvalue weighted by Gasteiger charge is -2.22. The fourth-order valence-electron chi connectivity index (χ4n) is 3.46. The van der Waals surface area contributed by atoms with Gasteiger partial charge in [-0.1, -0.05) is 26.0 Å². The lowest BCUT2D eigenvalue weighted by Crippen LogP contribution is -2.26. The van der Waals surface area contributed by atoms with Crippen LogP contribution >= 0.6 is 0 Å². The van der Waals surface area contributed by atoms with Crippen molar-refractivity contribution >= 4 is 9.84 Å². The Hall–Kier alpha value is -1.66. The van der Waals surface area contributed by atoms with Crippen molar-refractivity contribution in [3.63, 3.8) is 0 Å². The molecule has 1 aromatic heterocycles. The third-order valence-electron chi connectivity index (χ3n) is 4.99. The Bertz CT molecular complexity index is 804. The van der Waals surface area contributed by atoms with E-state index in [1.165, 1.54) is 24.1 Å². The molecule has 0 saturated carbocycles. The van der Waals surface area contributed by atoms with Gasteiger partial charge in [0, 0.05) is 6.20 Å². The first-order valence-corrected chi connectivity index (χ1v) is 10.8. The fourth-order valence-corrected chi connectivity index (χ4v) is 4.35. The second kappa shape index (κ2) is 7.70. The summed E-state index contributed by atoms with van der Waals surface area (Å²) in [5, 5.41) is 8.18. The zero-order valence-electron chi connectivity index (χ0n) is 15.0. The van der Waals surface area contributed by atoms with Gasteiger partial charge in [-0.3, -0.25) is 4.68 Å². The van der Waals surface area contributed by atoms with Crippen LogP contribution in [-0.4, -0.2) is 37.0 Å². The average molecular weight is 362 g/mol. The Morgan fingerprint density at radius 3 is 2.44 bits per heavy atom. The molecule has 136 valence electrons. The van der Waals surface area contributed by atoms with Gasteiger partial charge < -0.3 is 5.32 Å². The number of rotatable bonds is 6. The zero-order valence-corrected chi connectivity index (χ0v) is 15.8. The number of sulfone groups is 1. The first-order valence-electron chi connectivity index (χ1n) is 9.12. The highest BCUT2D eigenvalue weighted by Crippen LogP contribution is 2.28. The minimum atomic E-state index is -3.14. The number of piperidine rings is 1. The number of nitrogens with zero attached hydrogens (tertiary/aromatic N) is 2. The molecule has 0 amide bonds. The van der Waals surface area contributed by atoms with Gasteiger partial charge in [0.1, 0.15) is 0 Å². The molecule has 1 fully saturated rings. The van der Waals surface area contributed by atoms with Crippen molar-refractivity contribution in [2.24, 2.45) is 0 Å². The molecule has 2 aromatic rings. The van der Waals surface area contributed by atoms with E-state index in [1.807, 2.05) is 16.8 Å². The molecule has 0 atom stereocenters. The molecule has 1 aliphatic rings. The van der Waals surface area contributed by atoms with Gasteiger partial charge >= 0.3 is 0 Å². The summed E-state index contributed by atoms with van der Waals surface area (Å²) in [6.07, 6.45) is 5.47. The predicted octanol–water partition coefficient (Wildman–Crippen LogP) is 2.75. The maximum atomic E-state index is 11.9. The first-order chi connectivity index (χ1) is 12.0. The van der Waals surface area contributed by atoms with Gasteiger partial charge in [-0.25, -0.2) is 8.42 Å². The second-order valence-electron chi connectivity index (χ2n) is 6.65. The molecule has 0 bridgehead atoms. The summed E-state index contributed by atoms with van der Waals surface area (Å²) in [5.74, 6) is 0.729. The van der Waals surface area contributed by atoms with Gasteiger partial charge in [0.25, 0.3) is 0 Å². The number of aryl methyl sites for hydroxylation is 1. The topological polar surface area (TPSA) is 64.0 Å². The van der Waals surface area contributed by atoms with Crippen LogP contribution < -0.4 is 5.32 Å². The van der Waals surface area contributed by atoms with Crippen molar-refractivity contribution in [1.82, 2.24) is 15.1 Å². The maximum Gasteiger partial charge on any atom is 0.178 e. The van der Waals surface area contributed by atoms with E-state index in [2.05, 4.69) is 18.4 Å². The van der Waals surface area contributed by atoms with E-state index >= 15 is 0 Å². The van der Waals surface area contributed by atoms with Crippen molar-refractivity contribution in [2.75, 3.05) is 18.8 Å². The minimum absolute atomic E-state index is 0.130. The molecule has 1 aliphatic heterocycles. The summed E-state index contributed by atoms with van der Waals surface area (Å²) in [5.41, 5.74) is 3.64. The van der Waals surface area contributed by atoms with Crippen molar-refractivity contribution in [2.45, 2.75) is 50.5 Å².